The monoisotopic (exact) mass is 424 g/mol. The summed E-state index contributed by atoms with van der Waals surface area (Å²) in [5.74, 6) is 2.18. The summed E-state index contributed by atoms with van der Waals surface area (Å²) < 4.78 is 1.97. The summed E-state index contributed by atoms with van der Waals surface area (Å²) in [7, 11) is 1.00. The highest BCUT2D eigenvalue weighted by Gasteiger charge is 2.19. The minimum absolute atomic E-state index is 0.00213. The minimum Gasteiger partial charge on any atom is -0.400 e. The van der Waals surface area contributed by atoms with E-state index in [-0.39, 0.29) is 6.61 Å². The van der Waals surface area contributed by atoms with Gasteiger partial charge in [0.05, 0.1) is 18.2 Å². The number of hydrogen-bond acceptors (Lipinski definition) is 8. The van der Waals surface area contributed by atoms with Crippen molar-refractivity contribution < 1.29 is 10.2 Å². The van der Waals surface area contributed by atoms with E-state index in [2.05, 4.69) is 15.2 Å². The van der Waals surface area contributed by atoms with Crippen molar-refractivity contribution in [1.82, 2.24) is 19.5 Å². The van der Waals surface area contributed by atoms with Gasteiger partial charge in [0.25, 0.3) is 0 Å². The van der Waals surface area contributed by atoms with Gasteiger partial charge in [-0.3, -0.25) is 0 Å². The van der Waals surface area contributed by atoms with E-state index in [9.17, 15) is 5.11 Å². The van der Waals surface area contributed by atoms with Gasteiger partial charge in [-0.1, -0.05) is 18.2 Å². The lowest BCUT2D eigenvalue weighted by atomic mass is 10.3. The molecule has 0 radical (unpaired) electrons. The number of nitrogens with zero attached hydrogens (tertiary/aromatic N) is 5. The summed E-state index contributed by atoms with van der Waals surface area (Å²) in [6.07, 6.45) is 6.05. The maximum absolute atomic E-state index is 9.55. The van der Waals surface area contributed by atoms with Gasteiger partial charge in [-0.25, -0.2) is 9.97 Å². The molecule has 3 N–H and O–H groups in total. The van der Waals surface area contributed by atoms with Crippen LogP contribution in [0.4, 0.5) is 17.6 Å². The molecule has 30 heavy (non-hydrogen) atoms. The third-order valence-corrected chi connectivity index (χ3v) is 5.87. The minimum atomic E-state index is 0.00213. The number of nitrogens with one attached hydrogen (secondary N) is 1. The Morgan fingerprint density at radius 1 is 1.10 bits per heavy atom. The van der Waals surface area contributed by atoms with Gasteiger partial charge in [-0.05, 0) is 31.0 Å². The second kappa shape index (κ2) is 9.21. The highest BCUT2D eigenvalue weighted by atomic mass is 32.1. The number of para-hydroxylation sites is 1. The number of benzene rings is 1. The molecule has 0 aliphatic carbocycles. The van der Waals surface area contributed by atoms with E-state index in [0.717, 1.165) is 65.6 Å². The summed E-state index contributed by atoms with van der Waals surface area (Å²) in [6, 6.07) is 12.0. The number of imidazole rings is 1. The molecular formula is C21H24N6O2S. The molecule has 1 aromatic carbocycles. The van der Waals surface area contributed by atoms with E-state index < -0.39 is 0 Å². The fourth-order valence-electron chi connectivity index (χ4n) is 3.44. The van der Waals surface area contributed by atoms with Crippen molar-refractivity contribution in [2.24, 2.45) is 0 Å². The van der Waals surface area contributed by atoms with Gasteiger partial charge in [0.1, 0.15) is 22.8 Å². The van der Waals surface area contributed by atoms with Crippen LogP contribution in [-0.4, -0.2) is 49.9 Å². The highest BCUT2D eigenvalue weighted by molar-refractivity contribution is 7.18. The third kappa shape index (κ3) is 4.13. The highest BCUT2D eigenvalue weighted by Crippen LogP contribution is 2.33. The van der Waals surface area contributed by atoms with Gasteiger partial charge in [-0.15, -0.1) is 11.3 Å². The first kappa shape index (κ1) is 20.3. The maximum atomic E-state index is 9.55. The Balaban J connectivity index is 0.00000106. The molecule has 3 aromatic heterocycles. The first-order valence-electron chi connectivity index (χ1n) is 9.77. The number of rotatable bonds is 5. The van der Waals surface area contributed by atoms with Crippen LogP contribution in [0.15, 0.2) is 48.9 Å². The van der Waals surface area contributed by atoms with Crippen LogP contribution in [0.2, 0.25) is 0 Å². The molecule has 9 heteroatoms. The molecule has 0 unspecified atom stereocenters. The van der Waals surface area contributed by atoms with Crippen LogP contribution in [-0.2, 0) is 6.61 Å². The molecule has 8 nitrogen and oxygen atoms in total. The molecule has 1 saturated heterocycles. The van der Waals surface area contributed by atoms with Gasteiger partial charge >= 0.3 is 0 Å². The van der Waals surface area contributed by atoms with Crippen molar-refractivity contribution >= 4 is 39.1 Å². The Labute approximate surface area is 178 Å². The SMILES string of the molecule is CO.OCc1cc2c(Nc3cn(-c4ccccc4)cn3)nc(N3CCCC3)nc2s1. The van der Waals surface area contributed by atoms with Gasteiger partial charge in [-0.2, -0.15) is 4.98 Å². The number of aliphatic hydroxyl groups is 2. The normalized spacial score (nSPS) is 13.4. The van der Waals surface area contributed by atoms with Crippen LogP contribution in [0.1, 0.15) is 17.7 Å². The molecule has 4 aromatic rings. The number of hydrogen-bond donors (Lipinski definition) is 3. The lowest BCUT2D eigenvalue weighted by molar-refractivity contribution is 0.285. The zero-order chi connectivity index (χ0) is 20.9. The van der Waals surface area contributed by atoms with E-state index in [1.165, 1.54) is 11.3 Å². The number of thiophene rings is 1. The van der Waals surface area contributed by atoms with E-state index in [1.807, 2.05) is 47.2 Å². The van der Waals surface area contributed by atoms with Gasteiger partial charge in [0.15, 0.2) is 0 Å². The Bertz CT molecular complexity index is 1110. The number of fused-ring (bicyclic) bond motifs is 1. The summed E-state index contributed by atoms with van der Waals surface area (Å²) in [6.45, 7) is 1.96. The predicted octanol–water partition coefficient (Wildman–Crippen LogP) is 3.32. The smallest absolute Gasteiger partial charge is 0.228 e. The van der Waals surface area contributed by atoms with E-state index in [1.54, 1.807) is 6.33 Å². The van der Waals surface area contributed by atoms with Crippen LogP contribution in [0.3, 0.4) is 0 Å². The molecule has 0 atom stereocenters. The van der Waals surface area contributed by atoms with Crippen molar-refractivity contribution in [3.63, 3.8) is 0 Å². The quantitative estimate of drug-likeness (QED) is 0.452. The fourth-order valence-corrected chi connectivity index (χ4v) is 4.32. The van der Waals surface area contributed by atoms with Gasteiger partial charge in [0.2, 0.25) is 5.95 Å². The summed E-state index contributed by atoms with van der Waals surface area (Å²) in [4.78, 5) is 18.0. The molecule has 1 aliphatic rings. The maximum Gasteiger partial charge on any atom is 0.228 e. The summed E-state index contributed by atoms with van der Waals surface area (Å²) >= 11 is 1.50. The lowest BCUT2D eigenvalue weighted by Gasteiger charge is -2.16. The zero-order valence-corrected chi connectivity index (χ0v) is 17.5. The van der Waals surface area contributed by atoms with Gasteiger partial charge < -0.3 is 25.0 Å². The molecule has 0 bridgehead atoms. The molecule has 5 rings (SSSR count). The lowest BCUT2D eigenvalue weighted by Crippen LogP contribution is -2.20. The molecule has 0 saturated carbocycles. The van der Waals surface area contributed by atoms with E-state index in [0.29, 0.717) is 5.82 Å². The largest absolute Gasteiger partial charge is 0.400 e. The fraction of sp³-hybridized carbons (Fsp3) is 0.286. The Hall–Kier alpha value is -3.01. The second-order valence-electron chi connectivity index (χ2n) is 6.78. The molecule has 0 spiro atoms. The average Bonchev–Trinajstić information content (AvgIpc) is 3.56. The summed E-state index contributed by atoms with van der Waals surface area (Å²) in [5.41, 5.74) is 1.05. The molecule has 0 amide bonds. The van der Waals surface area contributed by atoms with Crippen LogP contribution < -0.4 is 10.2 Å². The molecular weight excluding hydrogens is 400 g/mol. The molecule has 4 heterocycles. The van der Waals surface area contributed by atoms with Crippen LogP contribution in [0.5, 0.6) is 0 Å². The first-order valence-corrected chi connectivity index (χ1v) is 10.6. The average molecular weight is 425 g/mol. The molecule has 156 valence electrons. The van der Waals surface area contributed by atoms with Crippen molar-refractivity contribution in [3.05, 3.63) is 53.8 Å². The number of aliphatic hydroxyl groups excluding tert-OH is 2. The van der Waals surface area contributed by atoms with Crippen LogP contribution in [0.25, 0.3) is 15.9 Å². The van der Waals surface area contributed by atoms with Crippen LogP contribution in [0, 0.1) is 0 Å². The third-order valence-electron chi connectivity index (χ3n) is 4.86. The van der Waals surface area contributed by atoms with Gasteiger partial charge in [0, 0.05) is 30.8 Å². The molecule has 1 aliphatic heterocycles. The molecule has 1 fully saturated rings. The van der Waals surface area contributed by atoms with Crippen molar-refractivity contribution in [3.8, 4) is 5.69 Å². The Morgan fingerprint density at radius 2 is 1.87 bits per heavy atom. The first-order chi connectivity index (χ1) is 14.8. The standard InChI is InChI=1S/C20H20N6OS.CH4O/c27-12-15-10-16-18(23-20(24-19(16)28-15)25-8-4-5-9-25)22-17-11-26(13-21-17)14-6-2-1-3-7-14;1-2/h1-3,6-7,10-11,13,27H,4-5,8-9,12H2,(H,22,23,24);2H,1H3. The Morgan fingerprint density at radius 3 is 2.60 bits per heavy atom. The zero-order valence-electron chi connectivity index (χ0n) is 16.7. The summed E-state index contributed by atoms with van der Waals surface area (Å²) in [5, 5.41) is 20.8. The number of aromatic nitrogens is 4. The predicted molar refractivity (Wildman–Crippen MR) is 120 cm³/mol. The van der Waals surface area contributed by atoms with Crippen molar-refractivity contribution in [1.29, 1.82) is 0 Å². The van der Waals surface area contributed by atoms with Crippen LogP contribution >= 0.6 is 11.3 Å². The Kier molecular flexibility index (Phi) is 6.22. The second-order valence-corrected chi connectivity index (χ2v) is 7.90. The topological polar surface area (TPSA) is 99.3 Å². The van der Waals surface area contributed by atoms with Crippen molar-refractivity contribution in [2.75, 3.05) is 30.4 Å². The van der Waals surface area contributed by atoms with Crippen molar-refractivity contribution in [2.45, 2.75) is 19.4 Å². The van der Waals surface area contributed by atoms with E-state index >= 15 is 0 Å². The number of anilines is 3. The van der Waals surface area contributed by atoms with E-state index in [4.69, 9.17) is 15.1 Å².